The molecule has 0 aliphatic carbocycles. The van der Waals surface area contributed by atoms with Crippen molar-refractivity contribution in [3.63, 3.8) is 0 Å². The van der Waals surface area contributed by atoms with Crippen LogP contribution in [0.25, 0.3) is 0 Å². The predicted octanol–water partition coefficient (Wildman–Crippen LogP) is 4.83. The zero-order valence-electron chi connectivity index (χ0n) is 17.9. The molecule has 2 amide bonds. The number of anilines is 1. The van der Waals surface area contributed by atoms with E-state index in [9.17, 15) is 9.59 Å². The molecule has 0 bridgehead atoms. The first-order valence-corrected chi connectivity index (χ1v) is 10.7. The van der Waals surface area contributed by atoms with Gasteiger partial charge in [0.15, 0.2) is 11.5 Å². The Kier molecular flexibility index (Phi) is 7.63. The first-order valence-electron chi connectivity index (χ1n) is 10.3. The number of halogens is 1. The van der Waals surface area contributed by atoms with E-state index in [0.717, 1.165) is 11.1 Å². The van der Waals surface area contributed by atoms with Crippen molar-refractivity contribution in [3.8, 4) is 11.5 Å². The second-order valence-electron chi connectivity index (χ2n) is 7.01. The van der Waals surface area contributed by atoms with Gasteiger partial charge in [0.1, 0.15) is 0 Å². The van der Waals surface area contributed by atoms with Gasteiger partial charge in [-0.15, -0.1) is 0 Å². The standard InChI is InChI=1S/C23H27ClN2O5/c1-4-30-20-12-15-10-11-26(23(28)25-18-9-7-6-8-17(18)24)19(14-22(27)29-3)16(15)13-21(20)31-5-2/h6-9,12-13,19H,4-5,10-11,14H2,1-3H3,(H,25,28). The average molecular weight is 447 g/mol. The van der Waals surface area contributed by atoms with Crippen molar-refractivity contribution in [1.82, 2.24) is 4.90 Å². The van der Waals surface area contributed by atoms with Gasteiger partial charge >= 0.3 is 12.0 Å². The number of amides is 2. The SMILES string of the molecule is CCOc1cc2c(cc1OCC)C(CC(=O)OC)N(C(=O)Nc1ccccc1Cl)CC2. The maximum atomic E-state index is 13.1. The van der Waals surface area contributed by atoms with Crippen LogP contribution in [0.1, 0.15) is 37.4 Å². The van der Waals surface area contributed by atoms with Crippen molar-refractivity contribution in [2.45, 2.75) is 32.7 Å². The van der Waals surface area contributed by atoms with Crippen LogP contribution in [0.4, 0.5) is 10.5 Å². The summed E-state index contributed by atoms with van der Waals surface area (Å²) >= 11 is 6.20. The van der Waals surface area contributed by atoms with Crippen LogP contribution in [-0.2, 0) is 16.0 Å². The van der Waals surface area contributed by atoms with Gasteiger partial charge in [0.05, 0.1) is 43.5 Å². The van der Waals surface area contributed by atoms with E-state index < -0.39 is 12.0 Å². The monoisotopic (exact) mass is 446 g/mol. The molecule has 1 heterocycles. The van der Waals surface area contributed by atoms with Gasteiger partial charge in [0.2, 0.25) is 0 Å². The zero-order chi connectivity index (χ0) is 22.4. The number of nitrogens with one attached hydrogen (secondary N) is 1. The van der Waals surface area contributed by atoms with Gasteiger partial charge in [0, 0.05) is 6.54 Å². The van der Waals surface area contributed by atoms with E-state index in [1.165, 1.54) is 7.11 Å². The Balaban J connectivity index is 1.97. The lowest BCUT2D eigenvalue weighted by Crippen LogP contribution is -2.43. The summed E-state index contributed by atoms with van der Waals surface area (Å²) in [7, 11) is 1.34. The summed E-state index contributed by atoms with van der Waals surface area (Å²) in [6.45, 7) is 5.22. The largest absolute Gasteiger partial charge is 0.490 e. The molecule has 1 atom stereocenters. The topological polar surface area (TPSA) is 77.1 Å². The van der Waals surface area contributed by atoms with Gasteiger partial charge in [-0.3, -0.25) is 4.79 Å². The fraction of sp³-hybridized carbons (Fsp3) is 0.391. The van der Waals surface area contributed by atoms with E-state index >= 15 is 0 Å². The van der Waals surface area contributed by atoms with Crippen LogP contribution in [0, 0.1) is 0 Å². The Morgan fingerprint density at radius 2 is 1.81 bits per heavy atom. The molecule has 3 rings (SSSR count). The fourth-order valence-electron chi connectivity index (χ4n) is 3.70. The number of rotatable bonds is 7. The van der Waals surface area contributed by atoms with Crippen LogP contribution in [0.15, 0.2) is 36.4 Å². The van der Waals surface area contributed by atoms with Gasteiger partial charge in [-0.25, -0.2) is 4.79 Å². The summed E-state index contributed by atoms with van der Waals surface area (Å²) in [4.78, 5) is 27.0. The number of para-hydroxylation sites is 1. The number of benzene rings is 2. The number of esters is 1. The first kappa shape index (κ1) is 22.7. The molecule has 1 aliphatic heterocycles. The number of hydrogen-bond donors (Lipinski definition) is 1. The molecule has 1 unspecified atom stereocenters. The van der Waals surface area contributed by atoms with Crippen LogP contribution < -0.4 is 14.8 Å². The normalized spacial score (nSPS) is 15.1. The molecular weight excluding hydrogens is 420 g/mol. The smallest absolute Gasteiger partial charge is 0.322 e. The highest BCUT2D eigenvalue weighted by Crippen LogP contribution is 2.40. The zero-order valence-corrected chi connectivity index (χ0v) is 18.7. The molecule has 1 N–H and O–H groups in total. The highest BCUT2D eigenvalue weighted by atomic mass is 35.5. The maximum Gasteiger partial charge on any atom is 0.322 e. The van der Waals surface area contributed by atoms with E-state index in [4.69, 9.17) is 25.8 Å². The van der Waals surface area contributed by atoms with Gasteiger partial charge in [-0.1, -0.05) is 23.7 Å². The summed E-state index contributed by atoms with van der Waals surface area (Å²) in [6, 6.07) is 9.99. The molecule has 0 fully saturated rings. The summed E-state index contributed by atoms with van der Waals surface area (Å²) < 4.78 is 16.4. The van der Waals surface area contributed by atoms with E-state index in [-0.39, 0.29) is 12.5 Å². The molecule has 7 nitrogen and oxygen atoms in total. The van der Waals surface area contributed by atoms with Crippen molar-refractivity contribution in [2.24, 2.45) is 0 Å². The van der Waals surface area contributed by atoms with Crippen LogP contribution >= 0.6 is 11.6 Å². The molecule has 8 heteroatoms. The lowest BCUT2D eigenvalue weighted by molar-refractivity contribution is -0.141. The molecule has 31 heavy (non-hydrogen) atoms. The average Bonchev–Trinajstić information content (AvgIpc) is 2.76. The Bertz CT molecular complexity index is 950. The fourth-order valence-corrected chi connectivity index (χ4v) is 3.88. The summed E-state index contributed by atoms with van der Waals surface area (Å²) in [5, 5.41) is 3.29. The number of ether oxygens (including phenoxy) is 3. The predicted molar refractivity (Wildman–Crippen MR) is 119 cm³/mol. The minimum Gasteiger partial charge on any atom is -0.490 e. The lowest BCUT2D eigenvalue weighted by atomic mass is 9.90. The lowest BCUT2D eigenvalue weighted by Gasteiger charge is -2.37. The quantitative estimate of drug-likeness (QED) is 0.616. The van der Waals surface area contributed by atoms with Crippen molar-refractivity contribution in [1.29, 1.82) is 0 Å². The Morgan fingerprint density at radius 1 is 1.13 bits per heavy atom. The summed E-state index contributed by atoms with van der Waals surface area (Å²) in [5.41, 5.74) is 2.37. The van der Waals surface area contributed by atoms with E-state index in [1.807, 2.05) is 26.0 Å². The molecule has 0 spiro atoms. The maximum absolute atomic E-state index is 13.1. The third-order valence-corrected chi connectivity index (χ3v) is 5.46. The van der Waals surface area contributed by atoms with Crippen LogP contribution in [0.5, 0.6) is 11.5 Å². The summed E-state index contributed by atoms with van der Waals surface area (Å²) in [6.07, 6.45) is 0.647. The first-order chi connectivity index (χ1) is 15.0. The van der Waals surface area contributed by atoms with Gasteiger partial charge in [-0.2, -0.15) is 0 Å². The molecule has 0 saturated carbocycles. The van der Waals surface area contributed by atoms with Crippen molar-refractivity contribution in [2.75, 3.05) is 32.2 Å². The Morgan fingerprint density at radius 3 is 2.45 bits per heavy atom. The number of carbonyl (C=O) groups is 2. The third-order valence-electron chi connectivity index (χ3n) is 5.13. The van der Waals surface area contributed by atoms with Crippen LogP contribution in [0.2, 0.25) is 5.02 Å². The molecule has 1 aliphatic rings. The number of hydrogen-bond acceptors (Lipinski definition) is 5. The van der Waals surface area contributed by atoms with Crippen molar-refractivity contribution >= 4 is 29.3 Å². The molecule has 166 valence electrons. The number of urea groups is 1. The minimum atomic E-state index is -0.506. The van der Waals surface area contributed by atoms with Crippen molar-refractivity contribution < 1.29 is 23.8 Å². The molecule has 0 saturated heterocycles. The van der Waals surface area contributed by atoms with Gasteiger partial charge < -0.3 is 24.4 Å². The molecule has 0 radical (unpaired) electrons. The number of carbonyl (C=O) groups excluding carboxylic acids is 2. The molecule has 0 aromatic heterocycles. The van der Waals surface area contributed by atoms with Crippen LogP contribution in [-0.4, -0.2) is 43.8 Å². The van der Waals surface area contributed by atoms with E-state index in [1.54, 1.807) is 29.2 Å². The highest BCUT2D eigenvalue weighted by molar-refractivity contribution is 6.33. The Labute approximate surface area is 187 Å². The number of methoxy groups -OCH3 is 1. The van der Waals surface area contributed by atoms with E-state index in [2.05, 4.69) is 5.32 Å². The molecule has 2 aromatic rings. The van der Waals surface area contributed by atoms with Crippen molar-refractivity contribution in [3.05, 3.63) is 52.5 Å². The third kappa shape index (κ3) is 5.22. The second kappa shape index (κ2) is 10.4. The van der Waals surface area contributed by atoms with E-state index in [0.29, 0.717) is 48.4 Å². The number of fused-ring (bicyclic) bond motifs is 1. The second-order valence-corrected chi connectivity index (χ2v) is 7.42. The molecular formula is C23H27ClN2O5. The number of nitrogens with zero attached hydrogens (tertiary/aromatic N) is 1. The Hall–Kier alpha value is -2.93. The van der Waals surface area contributed by atoms with Gasteiger partial charge in [0.25, 0.3) is 0 Å². The van der Waals surface area contributed by atoms with Crippen LogP contribution in [0.3, 0.4) is 0 Å². The summed E-state index contributed by atoms with van der Waals surface area (Å²) in [5.74, 6) is 0.848. The molecule has 2 aromatic carbocycles. The minimum absolute atomic E-state index is 0.0268. The van der Waals surface area contributed by atoms with Gasteiger partial charge in [-0.05, 0) is 55.7 Å². The highest BCUT2D eigenvalue weighted by Gasteiger charge is 2.34.